The van der Waals surface area contributed by atoms with E-state index >= 15 is 0 Å². The Morgan fingerprint density at radius 1 is 1.13 bits per heavy atom. The molecule has 1 atom stereocenters. The second-order valence-corrected chi connectivity index (χ2v) is 7.89. The Kier molecular flexibility index (Phi) is 8.75. The first-order valence-electron chi connectivity index (χ1n) is 10.5. The van der Waals surface area contributed by atoms with Crippen LogP contribution in [0.4, 0.5) is 0 Å². The number of ether oxygens (including phenoxy) is 3. The predicted molar refractivity (Wildman–Crippen MR) is 124 cm³/mol. The molecule has 168 valence electrons. The minimum Gasteiger partial charge on any atom is -0.497 e. The zero-order valence-corrected chi connectivity index (χ0v) is 18.7. The Balaban J connectivity index is 1.72. The van der Waals surface area contributed by atoms with Gasteiger partial charge in [-0.05, 0) is 67.0 Å². The summed E-state index contributed by atoms with van der Waals surface area (Å²) in [6, 6.07) is 13.7. The van der Waals surface area contributed by atoms with E-state index in [4.69, 9.17) is 32.2 Å². The zero-order chi connectivity index (χ0) is 22.1. The summed E-state index contributed by atoms with van der Waals surface area (Å²) in [5, 5.41) is 13.7. The molecule has 0 saturated carbocycles. The Labute approximate surface area is 189 Å². The van der Waals surface area contributed by atoms with E-state index in [-0.39, 0.29) is 19.4 Å². The van der Waals surface area contributed by atoms with E-state index in [1.165, 1.54) is 0 Å². The molecule has 1 heterocycles. The number of aliphatic hydroxyl groups is 1. The predicted octanol–water partition coefficient (Wildman–Crippen LogP) is 2.79. The van der Waals surface area contributed by atoms with Gasteiger partial charge in [-0.3, -0.25) is 0 Å². The van der Waals surface area contributed by atoms with Crippen LogP contribution in [0.15, 0.2) is 42.5 Å². The maximum absolute atomic E-state index is 9.78. The van der Waals surface area contributed by atoms with E-state index in [1.807, 2.05) is 42.5 Å². The Bertz CT molecular complexity index is 847. The Morgan fingerprint density at radius 2 is 1.84 bits per heavy atom. The maximum atomic E-state index is 9.78. The minimum absolute atomic E-state index is 0.0190. The average molecular weight is 446 g/mol. The normalized spacial score (nSPS) is 13.0. The van der Waals surface area contributed by atoms with Gasteiger partial charge in [0.25, 0.3) is 0 Å². The number of hydrogen-bond acceptors (Lipinski definition) is 6. The molecule has 7 nitrogen and oxygen atoms in total. The van der Waals surface area contributed by atoms with Crippen LogP contribution in [0.25, 0.3) is 0 Å². The van der Waals surface area contributed by atoms with E-state index in [0.717, 1.165) is 47.6 Å². The van der Waals surface area contributed by atoms with Gasteiger partial charge in [0, 0.05) is 13.1 Å². The van der Waals surface area contributed by atoms with Crippen LogP contribution < -0.4 is 25.3 Å². The van der Waals surface area contributed by atoms with Crippen LogP contribution in [0, 0.1) is 0 Å². The quantitative estimate of drug-likeness (QED) is 0.359. The molecule has 0 fully saturated rings. The smallest absolute Gasteiger partial charge is 0.231 e. The number of thiocarbonyl (C=S) groups is 1. The lowest BCUT2D eigenvalue weighted by Gasteiger charge is -2.29. The van der Waals surface area contributed by atoms with Crippen molar-refractivity contribution in [3.63, 3.8) is 0 Å². The largest absolute Gasteiger partial charge is 0.497 e. The lowest BCUT2D eigenvalue weighted by molar-refractivity contribution is 0.174. The van der Waals surface area contributed by atoms with Crippen molar-refractivity contribution in [1.82, 2.24) is 10.2 Å². The van der Waals surface area contributed by atoms with Gasteiger partial charge < -0.3 is 35.3 Å². The molecule has 8 heteroatoms. The van der Waals surface area contributed by atoms with Gasteiger partial charge in [0.15, 0.2) is 16.6 Å². The van der Waals surface area contributed by atoms with Gasteiger partial charge in [-0.2, -0.15) is 0 Å². The number of benzene rings is 2. The molecule has 1 aliphatic rings. The number of unbranched alkanes of at least 4 members (excludes halogenated alkanes) is 1. The van der Waals surface area contributed by atoms with Crippen molar-refractivity contribution in [2.24, 2.45) is 5.73 Å². The van der Waals surface area contributed by atoms with Crippen LogP contribution in [-0.4, -0.2) is 48.2 Å². The van der Waals surface area contributed by atoms with Crippen LogP contribution >= 0.6 is 12.2 Å². The highest BCUT2D eigenvalue weighted by molar-refractivity contribution is 7.80. The first-order valence-corrected chi connectivity index (χ1v) is 10.9. The fourth-order valence-electron chi connectivity index (χ4n) is 3.42. The highest BCUT2D eigenvalue weighted by Crippen LogP contribution is 2.33. The number of methoxy groups -OCH3 is 1. The van der Waals surface area contributed by atoms with Crippen molar-refractivity contribution in [3.8, 4) is 17.2 Å². The molecule has 31 heavy (non-hydrogen) atoms. The standard InChI is InChI=1S/C23H31N3O4S/c1-28-20-8-5-17(6-9-20)13-26(23(31)25-19(15-27)4-2-3-11-24)14-18-7-10-21-22(12-18)30-16-29-21/h5-10,12,19,27H,2-4,11,13-16,24H2,1H3,(H,25,31). The van der Waals surface area contributed by atoms with Crippen LogP contribution in [-0.2, 0) is 13.1 Å². The van der Waals surface area contributed by atoms with Crippen LogP contribution in [0.2, 0.25) is 0 Å². The second kappa shape index (κ2) is 11.7. The van der Waals surface area contributed by atoms with Crippen molar-refractivity contribution < 1.29 is 19.3 Å². The molecule has 3 rings (SSSR count). The van der Waals surface area contributed by atoms with Crippen molar-refractivity contribution in [3.05, 3.63) is 53.6 Å². The second-order valence-electron chi connectivity index (χ2n) is 7.51. The third kappa shape index (κ3) is 6.72. The van der Waals surface area contributed by atoms with Gasteiger partial charge in [-0.1, -0.05) is 24.6 Å². The van der Waals surface area contributed by atoms with Crippen molar-refractivity contribution in [1.29, 1.82) is 0 Å². The van der Waals surface area contributed by atoms with Crippen molar-refractivity contribution in [2.75, 3.05) is 27.1 Å². The van der Waals surface area contributed by atoms with E-state index in [0.29, 0.717) is 24.7 Å². The van der Waals surface area contributed by atoms with Gasteiger partial charge in [-0.25, -0.2) is 0 Å². The molecule has 0 spiro atoms. The van der Waals surface area contributed by atoms with E-state index in [9.17, 15) is 5.11 Å². The summed E-state index contributed by atoms with van der Waals surface area (Å²) in [7, 11) is 1.65. The summed E-state index contributed by atoms with van der Waals surface area (Å²) in [5.74, 6) is 2.31. The fourth-order valence-corrected chi connectivity index (χ4v) is 3.72. The summed E-state index contributed by atoms with van der Waals surface area (Å²) in [5.41, 5.74) is 7.76. The topological polar surface area (TPSA) is 89.2 Å². The average Bonchev–Trinajstić information content (AvgIpc) is 3.26. The summed E-state index contributed by atoms with van der Waals surface area (Å²) in [6.07, 6.45) is 2.68. The Morgan fingerprint density at radius 3 is 2.55 bits per heavy atom. The number of nitrogens with zero attached hydrogens (tertiary/aromatic N) is 1. The molecule has 2 aromatic rings. The number of fused-ring (bicyclic) bond motifs is 1. The lowest BCUT2D eigenvalue weighted by Crippen LogP contribution is -2.45. The molecule has 0 saturated heterocycles. The van der Waals surface area contributed by atoms with Gasteiger partial charge in [-0.15, -0.1) is 0 Å². The van der Waals surface area contributed by atoms with Crippen LogP contribution in [0.5, 0.6) is 17.2 Å². The number of nitrogens with one attached hydrogen (secondary N) is 1. The van der Waals surface area contributed by atoms with Crippen LogP contribution in [0.1, 0.15) is 30.4 Å². The highest BCUT2D eigenvalue weighted by Gasteiger charge is 2.18. The maximum Gasteiger partial charge on any atom is 0.231 e. The lowest BCUT2D eigenvalue weighted by atomic mass is 10.1. The molecular formula is C23H31N3O4S. The first kappa shape index (κ1) is 23.1. The van der Waals surface area contributed by atoms with Crippen molar-refractivity contribution >= 4 is 17.3 Å². The summed E-state index contributed by atoms with van der Waals surface area (Å²) in [6.45, 7) is 2.12. The molecule has 2 aromatic carbocycles. The minimum atomic E-state index is -0.103. The molecule has 0 amide bonds. The SMILES string of the molecule is COc1ccc(CN(Cc2ccc3c(c2)OCO3)C(=S)NC(CO)CCCCN)cc1. The molecular weight excluding hydrogens is 414 g/mol. The summed E-state index contributed by atoms with van der Waals surface area (Å²) in [4.78, 5) is 2.08. The van der Waals surface area contributed by atoms with E-state index in [1.54, 1.807) is 7.11 Å². The molecule has 0 aromatic heterocycles. The highest BCUT2D eigenvalue weighted by atomic mass is 32.1. The van der Waals surface area contributed by atoms with E-state index in [2.05, 4.69) is 10.2 Å². The van der Waals surface area contributed by atoms with Gasteiger partial charge in [0.05, 0.1) is 19.8 Å². The molecule has 4 N–H and O–H groups in total. The molecule has 1 unspecified atom stereocenters. The van der Waals surface area contributed by atoms with E-state index < -0.39 is 0 Å². The fraction of sp³-hybridized carbons (Fsp3) is 0.435. The number of rotatable bonds is 11. The number of nitrogens with two attached hydrogens (primary N) is 1. The van der Waals surface area contributed by atoms with Crippen molar-refractivity contribution in [2.45, 2.75) is 38.4 Å². The molecule has 0 bridgehead atoms. The third-order valence-electron chi connectivity index (χ3n) is 5.18. The van der Waals surface area contributed by atoms with Gasteiger partial charge in [0.1, 0.15) is 5.75 Å². The third-order valence-corrected chi connectivity index (χ3v) is 5.56. The Hall–Kier alpha value is -2.55. The number of hydrogen-bond donors (Lipinski definition) is 3. The van der Waals surface area contributed by atoms with Gasteiger partial charge >= 0.3 is 0 Å². The summed E-state index contributed by atoms with van der Waals surface area (Å²) < 4.78 is 16.2. The number of aliphatic hydroxyl groups excluding tert-OH is 1. The first-order chi connectivity index (χ1) is 15.1. The summed E-state index contributed by atoms with van der Waals surface area (Å²) >= 11 is 5.74. The zero-order valence-electron chi connectivity index (χ0n) is 17.9. The van der Waals surface area contributed by atoms with Gasteiger partial charge in [0.2, 0.25) is 6.79 Å². The molecule has 0 radical (unpaired) electrons. The van der Waals surface area contributed by atoms with Crippen LogP contribution in [0.3, 0.4) is 0 Å². The molecule has 1 aliphatic heterocycles. The molecule has 0 aliphatic carbocycles. The monoisotopic (exact) mass is 445 g/mol.